The molecule has 6 rings (SSSR count). The van der Waals surface area contributed by atoms with Crippen LogP contribution in [-0.4, -0.2) is 98.3 Å². The highest BCUT2D eigenvalue weighted by molar-refractivity contribution is 7.80. The highest BCUT2D eigenvalue weighted by Gasteiger charge is 2.53. The Bertz CT molecular complexity index is 1890. The summed E-state index contributed by atoms with van der Waals surface area (Å²) in [5, 5.41) is 14.7. The number of hydrogen-bond donors (Lipinski definition) is 2. The number of nitrogens with zero attached hydrogens (tertiary/aromatic N) is 6. The lowest BCUT2D eigenvalue weighted by atomic mass is 9.82. The lowest BCUT2D eigenvalue weighted by molar-refractivity contribution is -0.138. The van der Waals surface area contributed by atoms with E-state index in [9.17, 15) is 32.3 Å². The van der Waals surface area contributed by atoms with Crippen LogP contribution >= 0.6 is 24.6 Å². The molecule has 1 aromatic carbocycles. The fraction of sp³-hybridized carbons (Fsp3) is 0.575. The van der Waals surface area contributed by atoms with E-state index in [1.54, 1.807) is 26.0 Å². The normalized spacial score (nSPS) is 25.8. The molecule has 4 heterocycles. The fourth-order valence-electron chi connectivity index (χ4n) is 8.96. The van der Waals surface area contributed by atoms with Crippen LogP contribution in [0.3, 0.4) is 0 Å². The monoisotopic (exact) mass is 830 g/mol. The summed E-state index contributed by atoms with van der Waals surface area (Å²) in [6.45, 7) is 10.7. The topological polar surface area (TPSA) is 142 Å². The molecule has 0 radical (unpaired) electrons. The van der Waals surface area contributed by atoms with Gasteiger partial charge in [0.2, 0.25) is 17.7 Å². The van der Waals surface area contributed by atoms with Crippen molar-refractivity contribution in [3.05, 3.63) is 53.3 Å². The average Bonchev–Trinajstić information content (AvgIpc) is 3.32. The molecule has 4 fully saturated rings. The Hall–Kier alpha value is -4.17. The molecule has 308 valence electrons. The van der Waals surface area contributed by atoms with Crippen LogP contribution in [0.25, 0.3) is 0 Å². The van der Waals surface area contributed by atoms with Crippen LogP contribution in [-0.2, 0) is 25.4 Å². The van der Waals surface area contributed by atoms with Gasteiger partial charge in [-0.2, -0.15) is 18.4 Å². The van der Waals surface area contributed by atoms with E-state index in [0.717, 1.165) is 80.9 Å². The summed E-state index contributed by atoms with van der Waals surface area (Å²) in [5.74, 6) is -0.912. The third kappa shape index (κ3) is 9.59. The molecule has 57 heavy (non-hydrogen) atoms. The molecule has 1 aromatic heterocycles. The maximum atomic E-state index is 13.7. The van der Waals surface area contributed by atoms with Crippen molar-refractivity contribution in [1.29, 1.82) is 5.26 Å². The van der Waals surface area contributed by atoms with Crippen molar-refractivity contribution in [2.45, 2.75) is 115 Å². The van der Waals surface area contributed by atoms with Crippen molar-refractivity contribution in [3.8, 4) is 6.07 Å². The van der Waals surface area contributed by atoms with E-state index < -0.39 is 28.9 Å². The van der Waals surface area contributed by atoms with Gasteiger partial charge in [-0.25, -0.2) is 4.98 Å². The number of nitriles is 1. The second-order valence-corrected chi connectivity index (χ2v) is 16.5. The van der Waals surface area contributed by atoms with Gasteiger partial charge in [0, 0.05) is 43.3 Å². The van der Waals surface area contributed by atoms with Gasteiger partial charge in [0.05, 0.1) is 29.9 Å². The number of carbonyl (C=O) groups is 4. The molecule has 17 heteroatoms. The minimum absolute atomic E-state index is 0. The third-order valence-corrected chi connectivity index (χ3v) is 12.3. The van der Waals surface area contributed by atoms with Gasteiger partial charge in [-0.15, -0.1) is 12.4 Å². The standard InChI is InChI=1S/C40H49F3N8O4S.ClH/c1-24-21-48(22-25(2)49(24)23-35(53)46-28-11-9-27(10-12-28)31-15-16-34(52)47-36(31)54)17-5-6-26-7-13-29(14-8-26)51-38(56)50(37(55)39(51,3)4)30-18-32(40(41,42)43)33(19-44)45-20-30;/h9-12,18,20,24-26,29,31H,5-8,13-17,21-23H2,1-4H3,(H,46,53)(H,47,52,54);1H/t24-,25+,26?,29?,31?;. The number of halogens is 4. The molecule has 1 saturated carbocycles. The van der Waals surface area contributed by atoms with Gasteiger partial charge in [0.1, 0.15) is 11.6 Å². The van der Waals surface area contributed by atoms with Gasteiger partial charge in [-0.1, -0.05) is 12.1 Å². The Morgan fingerprint density at radius 1 is 1.05 bits per heavy atom. The molecule has 0 spiro atoms. The lowest BCUT2D eigenvalue weighted by Crippen LogP contribution is -2.58. The number of aromatic nitrogens is 1. The summed E-state index contributed by atoms with van der Waals surface area (Å²) in [7, 11) is 0. The maximum absolute atomic E-state index is 13.7. The zero-order valence-corrected chi connectivity index (χ0v) is 34.2. The molecule has 3 aliphatic heterocycles. The molecule has 3 atom stereocenters. The molecule has 3 saturated heterocycles. The van der Waals surface area contributed by atoms with E-state index in [-0.39, 0.29) is 71.5 Å². The number of anilines is 2. The number of rotatable bonds is 10. The number of pyridine rings is 1. The zero-order chi connectivity index (χ0) is 40.5. The number of imide groups is 1. The van der Waals surface area contributed by atoms with Crippen molar-refractivity contribution in [2.24, 2.45) is 5.92 Å². The molecule has 2 aromatic rings. The number of benzene rings is 1. The predicted molar refractivity (Wildman–Crippen MR) is 214 cm³/mol. The molecular weight excluding hydrogens is 781 g/mol. The van der Waals surface area contributed by atoms with Crippen molar-refractivity contribution < 1.29 is 32.3 Å². The smallest absolute Gasteiger partial charge is 0.331 e. The van der Waals surface area contributed by atoms with Crippen LogP contribution < -0.4 is 15.5 Å². The molecule has 0 bridgehead atoms. The van der Waals surface area contributed by atoms with Gasteiger partial charge in [0.25, 0.3) is 5.91 Å². The fourth-order valence-corrected chi connectivity index (χ4v) is 9.53. The second-order valence-electron chi connectivity index (χ2n) is 16.2. The predicted octanol–water partition coefficient (Wildman–Crippen LogP) is 6.00. The van der Waals surface area contributed by atoms with Crippen LogP contribution in [0.4, 0.5) is 24.5 Å². The summed E-state index contributed by atoms with van der Waals surface area (Å²) in [4.78, 5) is 61.8. The number of amides is 4. The molecular formula is C40H50ClF3N8O4S. The first-order chi connectivity index (χ1) is 26.5. The minimum atomic E-state index is -4.81. The average molecular weight is 831 g/mol. The van der Waals surface area contributed by atoms with E-state index in [0.29, 0.717) is 24.4 Å². The first-order valence-electron chi connectivity index (χ1n) is 19.3. The van der Waals surface area contributed by atoms with Crippen LogP contribution in [0, 0.1) is 17.2 Å². The molecule has 1 aliphatic carbocycles. The maximum Gasteiger partial charge on any atom is 0.419 e. The first kappa shape index (κ1) is 43.9. The van der Waals surface area contributed by atoms with Crippen molar-refractivity contribution >= 4 is 64.7 Å². The van der Waals surface area contributed by atoms with Crippen LogP contribution in [0.15, 0.2) is 36.5 Å². The molecule has 4 aliphatic rings. The number of carbonyl (C=O) groups excluding carboxylic acids is 4. The highest BCUT2D eigenvalue weighted by atomic mass is 35.5. The number of alkyl halides is 3. The molecule has 1 unspecified atom stereocenters. The van der Waals surface area contributed by atoms with Crippen LogP contribution in [0.5, 0.6) is 0 Å². The molecule has 12 nitrogen and oxygen atoms in total. The number of piperazine rings is 1. The molecule has 2 N–H and O–H groups in total. The Kier molecular flexibility index (Phi) is 13.7. The summed E-state index contributed by atoms with van der Waals surface area (Å²) in [6, 6.07) is 9.83. The minimum Gasteiger partial charge on any atom is -0.331 e. The number of hydrogen-bond acceptors (Lipinski definition) is 9. The van der Waals surface area contributed by atoms with Crippen molar-refractivity contribution in [1.82, 2.24) is 25.0 Å². The summed E-state index contributed by atoms with van der Waals surface area (Å²) in [6.07, 6.45) is 2.72. The largest absolute Gasteiger partial charge is 0.419 e. The second kappa shape index (κ2) is 17.8. The summed E-state index contributed by atoms with van der Waals surface area (Å²) < 4.78 is 41.1. The molecule has 4 amide bonds. The van der Waals surface area contributed by atoms with Gasteiger partial charge in [-0.3, -0.25) is 34.3 Å². The summed E-state index contributed by atoms with van der Waals surface area (Å²) >= 11 is 5.74. The van der Waals surface area contributed by atoms with E-state index in [2.05, 4.69) is 39.3 Å². The van der Waals surface area contributed by atoms with E-state index in [1.165, 1.54) is 6.07 Å². The van der Waals surface area contributed by atoms with E-state index in [1.807, 2.05) is 17.0 Å². The first-order valence-corrected chi connectivity index (χ1v) is 19.8. The van der Waals surface area contributed by atoms with Crippen LogP contribution in [0.1, 0.15) is 102 Å². The lowest BCUT2D eigenvalue weighted by Gasteiger charge is -2.44. The SMILES string of the molecule is C[C@@H]1CN(CCCC2CCC(N3C(=S)N(c4cnc(C#N)c(C(F)(F)F)c4)C(=O)C3(C)C)CC2)C[C@H](C)N1CC(=O)Nc1ccc(C2CCC(=O)NC2=O)cc1.Cl. The number of nitrogens with one attached hydrogen (secondary N) is 2. The van der Waals surface area contributed by atoms with E-state index in [4.69, 9.17) is 17.5 Å². The zero-order valence-electron chi connectivity index (χ0n) is 32.6. The number of thiocarbonyl (C=S) groups is 1. The Labute approximate surface area is 342 Å². The van der Waals surface area contributed by atoms with Gasteiger partial charge < -0.3 is 15.1 Å². The highest BCUT2D eigenvalue weighted by Crippen LogP contribution is 2.41. The summed E-state index contributed by atoms with van der Waals surface area (Å²) in [5.41, 5.74) is -1.64. The quantitative estimate of drug-likeness (QED) is 0.217. The van der Waals surface area contributed by atoms with Crippen LogP contribution in [0.2, 0.25) is 0 Å². The Balaban J connectivity index is 0.00000620. The van der Waals surface area contributed by atoms with E-state index >= 15 is 0 Å². The van der Waals surface area contributed by atoms with Crippen molar-refractivity contribution in [2.75, 3.05) is 36.4 Å². The third-order valence-electron chi connectivity index (χ3n) is 11.9. The number of piperidine rings is 1. The van der Waals surface area contributed by atoms with Gasteiger partial charge in [-0.05, 0) is 121 Å². The van der Waals surface area contributed by atoms with Crippen molar-refractivity contribution in [3.63, 3.8) is 0 Å². The van der Waals surface area contributed by atoms with Gasteiger partial charge in [0.15, 0.2) is 10.8 Å². The Morgan fingerprint density at radius 2 is 1.70 bits per heavy atom. The van der Waals surface area contributed by atoms with Gasteiger partial charge >= 0.3 is 6.18 Å². The Morgan fingerprint density at radius 3 is 2.30 bits per heavy atom.